The summed E-state index contributed by atoms with van der Waals surface area (Å²) in [5.41, 5.74) is 1.35. The molecule has 1 amide bonds. The van der Waals surface area contributed by atoms with E-state index in [9.17, 15) is 4.79 Å². The molecule has 1 heterocycles. The van der Waals surface area contributed by atoms with Gasteiger partial charge in [0.15, 0.2) is 0 Å². The number of piperidine rings is 1. The van der Waals surface area contributed by atoms with Crippen LogP contribution in [0.4, 0.5) is 0 Å². The third-order valence-corrected chi connectivity index (χ3v) is 4.56. The normalized spacial score (nSPS) is 20.6. The van der Waals surface area contributed by atoms with Gasteiger partial charge in [-0.3, -0.25) is 9.69 Å². The highest BCUT2D eigenvalue weighted by Gasteiger charge is 2.28. The van der Waals surface area contributed by atoms with Crippen molar-refractivity contribution in [3.63, 3.8) is 0 Å². The lowest BCUT2D eigenvalue weighted by Gasteiger charge is -2.38. The second kappa shape index (κ2) is 8.30. The van der Waals surface area contributed by atoms with Crippen molar-refractivity contribution in [3.8, 4) is 0 Å². The predicted molar refractivity (Wildman–Crippen MR) is 90.6 cm³/mol. The Morgan fingerprint density at radius 2 is 2.14 bits per heavy atom. The first kappa shape index (κ1) is 17.0. The van der Waals surface area contributed by atoms with E-state index in [0.717, 1.165) is 39.0 Å². The van der Waals surface area contributed by atoms with Crippen LogP contribution in [0.3, 0.4) is 0 Å². The molecule has 1 aromatic carbocycles. The molecule has 1 aliphatic heterocycles. The summed E-state index contributed by atoms with van der Waals surface area (Å²) in [6, 6.07) is 10.9. The molecule has 2 atom stereocenters. The third kappa shape index (κ3) is 4.55. The molecule has 2 rings (SSSR count). The lowest BCUT2D eigenvalue weighted by atomic mass is 10.0. The topological polar surface area (TPSA) is 35.6 Å². The molecule has 0 spiro atoms. The molecule has 22 heavy (non-hydrogen) atoms. The molecule has 1 N–H and O–H groups in total. The van der Waals surface area contributed by atoms with Crippen LogP contribution in [0.15, 0.2) is 30.3 Å². The summed E-state index contributed by atoms with van der Waals surface area (Å²) in [7, 11) is 3.86. The van der Waals surface area contributed by atoms with Gasteiger partial charge in [0.05, 0.1) is 0 Å². The van der Waals surface area contributed by atoms with Crippen LogP contribution in [0.5, 0.6) is 0 Å². The van der Waals surface area contributed by atoms with Gasteiger partial charge in [0.25, 0.3) is 0 Å². The van der Waals surface area contributed by atoms with E-state index in [-0.39, 0.29) is 11.8 Å². The maximum Gasteiger partial charge on any atom is 0.226 e. The number of carbonyl (C=O) groups excluding carboxylic acids is 1. The van der Waals surface area contributed by atoms with E-state index in [0.29, 0.717) is 6.04 Å². The van der Waals surface area contributed by atoms with E-state index < -0.39 is 0 Å². The largest absolute Gasteiger partial charge is 0.341 e. The summed E-state index contributed by atoms with van der Waals surface area (Å²) in [4.78, 5) is 16.9. The third-order valence-electron chi connectivity index (χ3n) is 4.56. The van der Waals surface area contributed by atoms with Gasteiger partial charge in [0, 0.05) is 38.6 Å². The van der Waals surface area contributed by atoms with Gasteiger partial charge in [-0.25, -0.2) is 0 Å². The van der Waals surface area contributed by atoms with Gasteiger partial charge in [0.2, 0.25) is 5.91 Å². The highest BCUT2D eigenvalue weighted by atomic mass is 16.2. The minimum absolute atomic E-state index is 0.0412. The number of likely N-dealkylation sites (N-methyl/N-ethyl adjacent to an activating group) is 1. The Bertz CT molecular complexity index is 463. The molecule has 0 radical (unpaired) electrons. The molecule has 122 valence electrons. The smallest absolute Gasteiger partial charge is 0.226 e. The average molecular weight is 303 g/mol. The fraction of sp³-hybridized carbons (Fsp3) is 0.611. The number of hydrogen-bond donors (Lipinski definition) is 1. The lowest BCUT2D eigenvalue weighted by Crippen LogP contribution is -2.50. The Kier molecular flexibility index (Phi) is 6.40. The van der Waals surface area contributed by atoms with Crippen molar-refractivity contribution in [2.24, 2.45) is 5.92 Å². The first-order chi connectivity index (χ1) is 10.6. The van der Waals surface area contributed by atoms with Crippen molar-refractivity contribution in [2.75, 3.05) is 33.7 Å². The van der Waals surface area contributed by atoms with Crippen molar-refractivity contribution >= 4 is 5.91 Å². The highest BCUT2D eigenvalue weighted by molar-refractivity contribution is 5.78. The molecule has 1 aliphatic rings. The fourth-order valence-electron chi connectivity index (χ4n) is 3.25. The number of hydrogen-bond acceptors (Lipinski definition) is 3. The van der Waals surface area contributed by atoms with Crippen molar-refractivity contribution in [3.05, 3.63) is 35.9 Å². The van der Waals surface area contributed by atoms with E-state index in [2.05, 4.69) is 40.5 Å². The average Bonchev–Trinajstić information content (AvgIpc) is 2.55. The molecule has 0 bridgehead atoms. The molecular formula is C18H29N3O. The maximum absolute atomic E-state index is 12.5. The molecule has 4 nitrogen and oxygen atoms in total. The van der Waals surface area contributed by atoms with Crippen LogP contribution in [0.2, 0.25) is 0 Å². The number of likely N-dealkylation sites (tertiary alicyclic amines) is 1. The Balaban J connectivity index is 1.91. The molecule has 0 aromatic heterocycles. The zero-order chi connectivity index (χ0) is 15.9. The molecule has 1 fully saturated rings. The molecular weight excluding hydrogens is 274 g/mol. The summed E-state index contributed by atoms with van der Waals surface area (Å²) >= 11 is 0. The van der Waals surface area contributed by atoms with Crippen LogP contribution in [0.1, 0.15) is 25.3 Å². The van der Waals surface area contributed by atoms with Crippen LogP contribution in [-0.2, 0) is 11.3 Å². The zero-order valence-electron chi connectivity index (χ0n) is 14.1. The number of nitrogens with one attached hydrogen (secondary N) is 1. The SMILES string of the molecule is CNCC(C)C(=O)N(C)C1CCCN(Cc2ccccc2)C1. The summed E-state index contributed by atoms with van der Waals surface area (Å²) in [6.45, 7) is 5.82. The molecule has 0 aliphatic carbocycles. The van der Waals surface area contributed by atoms with Crippen LogP contribution in [-0.4, -0.2) is 55.5 Å². The van der Waals surface area contributed by atoms with Gasteiger partial charge in [-0.15, -0.1) is 0 Å². The quantitative estimate of drug-likeness (QED) is 0.873. The minimum Gasteiger partial charge on any atom is -0.341 e. The van der Waals surface area contributed by atoms with E-state index in [1.807, 2.05) is 25.9 Å². The molecule has 4 heteroatoms. The second-order valence-electron chi connectivity index (χ2n) is 6.42. The van der Waals surface area contributed by atoms with Gasteiger partial charge < -0.3 is 10.2 Å². The number of nitrogens with zero attached hydrogens (tertiary/aromatic N) is 2. The Morgan fingerprint density at radius 3 is 2.82 bits per heavy atom. The lowest BCUT2D eigenvalue weighted by molar-refractivity contribution is -0.136. The van der Waals surface area contributed by atoms with Crippen molar-refractivity contribution < 1.29 is 4.79 Å². The monoisotopic (exact) mass is 303 g/mol. The standard InChI is InChI=1S/C18H29N3O/c1-15(12-19-2)18(22)20(3)17-10-7-11-21(14-17)13-16-8-5-4-6-9-16/h4-6,8-9,15,17,19H,7,10-14H2,1-3H3. The van der Waals surface area contributed by atoms with Crippen molar-refractivity contribution in [1.82, 2.24) is 15.1 Å². The maximum atomic E-state index is 12.5. The van der Waals surface area contributed by atoms with Gasteiger partial charge in [-0.1, -0.05) is 37.3 Å². The van der Waals surface area contributed by atoms with Gasteiger partial charge in [0.1, 0.15) is 0 Å². The number of amides is 1. The van der Waals surface area contributed by atoms with Crippen molar-refractivity contribution in [2.45, 2.75) is 32.4 Å². The van der Waals surface area contributed by atoms with Crippen LogP contribution in [0.25, 0.3) is 0 Å². The van der Waals surface area contributed by atoms with Gasteiger partial charge >= 0.3 is 0 Å². The summed E-state index contributed by atoms with van der Waals surface area (Å²) in [5.74, 6) is 0.292. The van der Waals surface area contributed by atoms with Crippen LogP contribution in [0, 0.1) is 5.92 Å². The highest BCUT2D eigenvalue weighted by Crippen LogP contribution is 2.18. The number of benzene rings is 1. The Morgan fingerprint density at radius 1 is 1.41 bits per heavy atom. The van der Waals surface area contributed by atoms with E-state index >= 15 is 0 Å². The molecule has 2 unspecified atom stereocenters. The van der Waals surface area contributed by atoms with E-state index in [1.54, 1.807) is 0 Å². The zero-order valence-corrected chi connectivity index (χ0v) is 14.1. The fourth-order valence-corrected chi connectivity index (χ4v) is 3.25. The first-order valence-corrected chi connectivity index (χ1v) is 8.29. The van der Waals surface area contributed by atoms with Gasteiger partial charge in [-0.05, 0) is 32.0 Å². The van der Waals surface area contributed by atoms with Crippen LogP contribution >= 0.6 is 0 Å². The Hall–Kier alpha value is -1.39. The van der Waals surface area contributed by atoms with Crippen molar-refractivity contribution in [1.29, 1.82) is 0 Å². The van der Waals surface area contributed by atoms with E-state index in [4.69, 9.17) is 0 Å². The van der Waals surface area contributed by atoms with Gasteiger partial charge in [-0.2, -0.15) is 0 Å². The van der Waals surface area contributed by atoms with Crippen LogP contribution < -0.4 is 5.32 Å². The number of carbonyl (C=O) groups is 1. The molecule has 0 saturated carbocycles. The number of rotatable bonds is 6. The minimum atomic E-state index is 0.0412. The first-order valence-electron chi connectivity index (χ1n) is 8.29. The predicted octanol–water partition coefficient (Wildman–Crippen LogP) is 1.96. The summed E-state index contributed by atoms with van der Waals surface area (Å²) in [5, 5.41) is 3.09. The summed E-state index contributed by atoms with van der Waals surface area (Å²) < 4.78 is 0. The Labute approximate surface area is 134 Å². The molecule has 1 aromatic rings. The molecule has 1 saturated heterocycles. The summed E-state index contributed by atoms with van der Waals surface area (Å²) in [6.07, 6.45) is 2.27. The van der Waals surface area contributed by atoms with E-state index in [1.165, 1.54) is 5.56 Å². The second-order valence-corrected chi connectivity index (χ2v) is 6.42.